The number of hydrogen-bond acceptors (Lipinski definition) is 2. The minimum atomic E-state index is 0.700. The Bertz CT molecular complexity index is 264. The first-order valence-electron chi connectivity index (χ1n) is 4.16. The topological polar surface area (TPSA) is 0 Å². The van der Waals surface area contributed by atoms with Gasteiger partial charge in [-0.2, -0.15) is 0 Å². The second-order valence-electron chi connectivity index (χ2n) is 2.93. The number of rotatable bonds is 1. The van der Waals surface area contributed by atoms with Crippen molar-refractivity contribution in [3.63, 3.8) is 0 Å². The molecule has 2 rings (SSSR count). The van der Waals surface area contributed by atoms with Crippen molar-refractivity contribution in [2.75, 3.05) is 11.5 Å². The lowest BCUT2D eigenvalue weighted by Gasteiger charge is -2.10. The SMILES string of the molecule is Cc1ccccc1C1SCCS1. The highest BCUT2D eigenvalue weighted by Crippen LogP contribution is 2.45. The smallest absolute Gasteiger partial charge is 0.0754 e. The van der Waals surface area contributed by atoms with Gasteiger partial charge in [0.2, 0.25) is 0 Å². The average Bonchev–Trinajstić information content (AvgIpc) is 2.57. The summed E-state index contributed by atoms with van der Waals surface area (Å²) in [7, 11) is 0. The molecule has 1 aromatic rings. The van der Waals surface area contributed by atoms with Crippen molar-refractivity contribution in [2.24, 2.45) is 0 Å². The third-order valence-electron chi connectivity index (χ3n) is 2.06. The van der Waals surface area contributed by atoms with E-state index in [0.717, 1.165) is 0 Å². The maximum Gasteiger partial charge on any atom is 0.0754 e. The predicted octanol–water partition coefficient (Wildman–Crippen LogP) is 3.47. The van der Waals surface area contributed by atoms with Crippen molar-refractivity contribution >= 4 is 23.5 Å². The molecule has 1 aromatic carbocycles. The molecule has 0 spiro atoms. The lowest BCUT2D eigenvalue weighted by molar-refractivity contribution is 1.29. The van der Waals surface area contributed by atoms with Crippen LogP contribution in [0.1, 0.15) is 15.7 Å². The molecule has 1 saturated heterocycles. The molecule has 1 aliphatic rings. The summed E-state index contributed by atoms with van der Waals surface area (Å²) in [4.78, 5) is 0. The molecule has 0 bridgehead atoms. The molecule has 0 atom stereocenters. The highest BCUT2D eigenvalue weighted by atomic mass is 32.2. The molecule has 1 aliphatic heterocycles. The summed E-state index contributed by atoms with van der Waals surface area (Å²) in [6, 6.07) is 8.71. The van der Waals surface area contributed by atoms with Gasteiger partial charge in [-0.3, -0.25) is 0 Å². The van der Waals surface area contributed by atoms with E-state index in [1.54, 1.807) is 0 Å². The van der Waals surface area contributed by atoms with Crippen molar-refractivity contribution in [2.45, 2.75) is 11.5 Å². The predicted molar refractivity (Wildman–Crippen MR) is 58.8 cm³/mol. The summed E-state index contributed by atoms with van der Waals surface area (Å²) in [5, 5.41) is 0. The van der Waals surface area contributed by atoms with Crippen molar-refractivity contribution in [1.82, 2.24) is 0 Å². The Morgan fingerprint density at radius 2 is 1.83 bits per heavy atom. The van der Waals surface area contributed by atoms with Crippen molar-refractivity contribution in [3.05, 3.63) is 35.4 Å². The Labute approximate surface area is 82.1 Å². The van der Waals surface area contributed by atoms with Gasteiger partial charge >= 0.3 is 0 Å². The molecule has 2 heteroatoms. The minimum absolute atomic E-state index is 0.700. The maximum atomic E-state index is 2.26. The maximum absolute atomic E-state index is 2.26. The third kappa shape index (κ3) is 1.64. The van der Waals surface area contributed by atoms with Gasteiger partial charge in [-0.1, -0.05) is 24.3 Å². The highest BCUT2D eigenvalue weighted by Gasteiger charge is 2.18. The first-order valence-corrected chi connectivity index (χ1v) is 6.26. The molecule has 12 heavy (non-hydrogen) atoms. The monoisotopic (exact) mass is 196 g/mol. The van der Waals surface area contributed by atoms with Gasteiger partial charge in [0.15, 0.2) is 0 Å². The molecule has 0 saturated carbocycles. The summed E-state index contributed by atoms with van der Waals surface area (Å²) in [6.07, 6.45) is 0. The van der Waals surface area contributed by atoms with Crippen LogP contribution in [0.3, 0.4) is 0 Å². The van der Waals surface area contributed by atoms with Crippen LogP contribution in [0.4, 0.5) is 0 Å². The molecule has 0 nitrogen and oxygen atoms in total. The zero-order valence-corrected chi connectivity index (χ0v) is 8.75. The molecular weight excluding hydrogens is 184 g/mol. The van der Waals surface area contributed by atoms with Crippen LogP contribution in [0.2, 0.25) is 0 Å². The normalized spacial score (nSPS) is 18.4. The lowest BCUT2D eigenvalue weighted by atomic mass is 10.1. The van der Waals surface area contributed by atoms with Crippen LogP contribution in [-0.4, -0.2) is 11.5 Å². The van der Waals surface area contributed by atoms with E-state index in [0.29, 0.717) is 4.58 Å². The standard InChI is InChI=1S/C10H12S2/c1-8-4-2-3-5-9(8)10-11-6-7-12-10/h2-5,10H,6-7H2,1H3. The minimum Gasteiger partial charge on any atom is -0.142 e. The quantitative estimate of drug-likeness (QED) is 0.674. The van der Waals surface area contributed by atoms with E-state index in [4.69, 9.17) is 0 Å². The van der Waals surface area contributed by atoms with Crippen LogP contribution in [0.15, 0.2) is 24.3 Å². The molecule has 0 aromatic heterocycles. The second kappa shape index (κ2) is 3.75. The Kier molecular flexibility index (Phi) is 2.66. The third-order valence-corrected chi connectivity index (χ3v) is 5.13. The first kappa shape index (κ1) is 8.52. The van der Waals surface area contributed by atoms with Crippen LogP contribution in [-0.2, 0) is 0 Å². The first-order chi connectivity index (χ1) is 5.88. The molecule has 0 radical (unpaired) electrons. The zero-order chi connectivity index (χ0) is 8.39. The summed E-state index contributed by atoms with van der Waals surface area (Å²) in [6.45, 7) is 2.20. The molecule has 64 valence electrons. The van der Waals surface area contributed by atoms with E-state index in [1.807, 2.05) is 0 Å². The van der Waals surface area contributed by atoms with Gasteiger partial charge in [0.25, 0.3) is 0 Å². The summed E-state index contributed by atoms with van der Waals surface area (Å²) < 4.78 is 0.700. The van der Waals surface area contributed by atoms with Crippen LogP contribution in [0, 0.1) is 6.92 Å². The summed E-state index contributed by atoms with van der Waals surface area (Å²) in [5.74, 6) is 2.62. The fourth-order valence-electron chi connectivity index (χ4n) is 1.39. The molecule has 0 N–H and O–H groups in total. The van der Waals surface area contributed by atoms with Gasteiger partial charge in [0.05, 0.1) is 4.58 Å². The molecule has 0 aliphatic carbocycles. The number of thioether (sulfide) groups is 2. The van der Waals surface area contributed by atoms with E-state index >= 15 is 0 Å². The Morgan fingerprint density at radius 3 is 2.50 bits per heavy atom. The van der Waals surface area contributed by atoms with Gasteiger partial charge in [-0.25, -0.2) is 0 Å². The van der Waals surface area contributed by atoms with Gasteiger partial charge in [0.1, 0.15) is 0 Å². The molecule has 1 fully saturated rings. The number of hydrogen-bond donors (Lipinski definition) is 0. The number of aryl methyl sites for hydroxylation is 1. The van der Waals surface area contributed by atoms with E-state index in [-0.39, 0.29) is 0 Å². The van der Waals surface area contributed by atoms with Crippen LogP contribution in [0.5, 0.6) is 0 Å². The van der Waals surface area contributed by atoms with Crippen LogP contribution in [0.25, 0.3) is 0 Å². The van der Waals surface area contributed by atoms with E-state index in [2.05, 4.69) is 54.7 Å². The van der Waals surface area contributed by atoms with Crippen LogP contribution >= 0.6 is 23.5 Å². The van der Waals surface area contributed by atoms with Gasteiger partial charge in [0, 0.05) is 11.5 Å². The molecule has 1 heterocycles. The molecular formula is C10H12S2. The van der Waals surface area contributed by atoms with Gasteiger partial charge in [-0.05, 0) is 18.1 Å². The van der Waals surface area contributed by atoms with Crippen molar-refractivity contribution in [3.8, 4) is 0 Å². The lowest BCUT2D eigenvalue weighted by Crippen LogP contribution is -1.88. The van der Waals surface area contributed by atoms with Gasteiger partial charge < -0.3 is 0 Å². The Morgan fingerprint density at radius 1 is 1.17 bits per heavy atom. The van der Waals surface area contributed by atoms with Crippen LogP contribution < -0.4 is 0 Å². The molecule has 0 amide bonds. The Hall–Kier alpha value is -0.0800. The van der Waals surface area contributed by atoms with Crippen molar-refractivity contribution in [1.29, 1.82) is 0 Å². The summed E-state index contributed by atoms with van der Waals surface area (Å²) >= 11 is 4.15. The highest BCUT2D eigenvalue weighted by molar-refractivity contribution is 8.19. The fourth-order valence-corrected chi connectivity index (χ4v) is 4.44. The van der Waals surface area contributed by atoms with Crippen molar-refractivity contribution < 1.29 is 0 Å². The second-order valence-corrected chi connectivity index (χ2v) is 5.65. The fraction of sp³-hybridized carbons (Fsp3) is 0.400. The van der Waals surface area contributed by atoms with E-state index in [1.165, 1.54) is 22.6 Å². The molecule has 0 unspecified atom stereocenters. The summed E-state index contributed by atoms with van der Waals surface area (Å²) in [5.41, 5.74) is 2.95. The Balaban J connectivity index is 2.26. The van der Waals surface area contributed by atoms with E-state index < -0.39 is 0 Å². The van der Waals surface area contributed by atoms with Gasteiger partial charge in [-0.15, -0.1) is 23.5 Å². The average molecular weight is 196 g/mol. The number of benzene rings is 1. The zero-order valence-electron chi connectivity index (χ0n) is 7.12. The van der Waals surface area contributed by atoms with E-state index in [9.17, 15) is 0 Å². The largest absolute Gasteiger partial charge is 0.142 e.